The summed E-state index contributed by atoms with van der Waals surface area (Å²) in [5.74, 6) is 0.434. The molecule has 2 N–H and O–H groups in total. The van der Waals surface area contributed by atoms with Crippen LogP contribution in [0.3, 0.4) is 0 Å². The second-order valence-corrected chi connectivity index (χ2v) is 5.41. The van der Waals surface area contributed by atoms with E-state index >= 15 is 0 Å². The summed E-state index contributed by atoms with van der Waals surface area (Å²) in [6.07, 6.45) is 3.15. The maximum atomic E-state index is 12.3. The van der Waals surface area contributed by atoms with E-state index in [0.29, 0.717) is 11.3 Å². The number of carbonyl (C=O) groups is 1. The van der Waals surface area contributed by atoms with Crippen molar-refractivity contribution in [3.8, 4) is 5.75 Å². The van der Waals surface area contributed by atoms with Gasteiger partial charge in [0.1, 0.15) is 11.8 Å². The largest absolute Gasteiger partial charge is 0.489 e. The van der Waals surface area contributed by atoms with Crippen LogP contribution in [0.5, 0.6) is 5.75 Å². The van der Waals surface area contributed by atoms with Gasteiger partial charge in [-0.15, -0.1) is 11.3 Å². The Kier molecular flexibility index (Phi) is 4.29. The minimum Gasteiger partial charge on any atom is -0.489 e. The van der Waals surface area contributed by atoms with E-state index in [1.807, 2.05) is 31.4 Å². The fourth-order valence-corrected chi connectivity index (χ4v) is 2.39. The zero-order valence-electron chi connectivity index (χ0n) is 10.9. The van der Waals surface area contributed by atoms with Crippen LogP contribution >= 0.6 is 11.3 Å². The summed E-state index contributed by atoms with van der Waals surface area (Å²) in [6, 6.07) is 4.78. The Morgan fingerprint density at radius 2 is 2.21 bits per heavy atom. The number of nitrogens with two attached hydrogens (primary N) is 1. The van der Waals surface area contributed by atoms with Gasteiger partial charge in [-0.3, -0.25) is 9.78 Å². The lowest BCUT2D eigenvalue weighted by atomic mass is 10.1. The molecule has 0 bridgehead atoms. The minimum absolute atomic E-state index is 0.0399. The summed E-state index contributed by atoms with van der Waals surface area (Å²) in [4.78, 5) is 17.1. The fraction of sp³-hybridized carbons (Fsp3) is 0.286. The van der Waals surface area contributed by atoms with Gasteiger partial charge >= 0.3 is 0 Å². The predicted molar refractivity (Wildman–Crippen MR) is 75.6 cm³/mol. The summed E-state index contributed by atoms with van der Waals surface area (Å²) in [5, 5.41) is 1.90. The smallest absolute Gasteiger partial charge is 0.186 e. The highest BCUT2D eigenvalue weighted by Crippen LogP contribution is 2.22. The summed E-state index contributed by atoms with van der Waals surface area (Å²) in [7, 11) is 0. The van der Waals surface area contributed by atoms with E-state index in [-0.39, 0.29) is 11.9 Å². The van der Waals surface area contributed by atoms with Crippen molar-refractivity contribution in [2.75, 3.05) is 0 Å². The van der Waals surface area contributed by atoms with E-state index < -0.39 is 6.04 Å². The van der Waals surface area contributed by atoms with Crippen LogP contribution in [0.2, 0.25) is 0 Å². The van der Waals surface area contributed by atoms with Crippen LogP contribution in [0.4, 0.5) is 0 Å². The van der Waals surface area contributed by atoms with Crippen LogP contribution in [0.15, 0.2) is 36.0 Å². The quantitative estimate of drug-likeness (QED) is 0.853. The van der Waals surface area contributed by atoms with E-state index in [4.69, 9.17) is 10.5 Å². The number of ketones is 1. The Morgan fingerprint density at radius 3 is 2.84 bits per heavy atom. The molecule has 0 saturated carbocycles. The van der Waals surface area contributed by atoms with Crippen molar-refractivity contribution in [1.82, 2.24) is 4.98 Å². The molecule has 1 atom stereocenters. The van der Waals surface area contributed by atoms with Gasteiger partial charge in [0.2, 0.25) is 0 Å². The maximum Gasteiger partial charge on any atom is 0.186 e. The molecule has 5 heteroatoms. The monoisotopic (exact) mass is 276 g/mol. The Bertz CT molecular complexity index is 552. The maximum absolute atomic E-state index is 12.3. The average molecular weight is 276 g/mol. The van der Waals surface area contributed by atoms with E-state index in [0.717, 1.165) is 4.88 Å². The number of Topliss-reactive ketones (excluding diaryl/α,β-unsaturated/α-hetero) is 1. The third kappa shape index (κ3) is 3.39. The minimum atomic E-state index is -0.643. The normalized spacial score (nSPS) is 12.4. The van der Waals surface area contributed by atoms with Crippen molar-refractivity contribution in [3.63, 3.8) is 0 Å². The predicted octanol–water partition coefficient (Wildman–Crippen LogP) is 2.81. The second-order valence-electron chi connectivity index (χ2n) is 4.43. The molecule has 4 nitrogen and oxygen atoms in total. The van der Waals surface area contributed by atoms with Gasteiger partial charge in [0.15, 0.2) is 5.78 Å². The number of hydrogen-bond acceptors (Lipinski definition) is 5. The van der Waals surface area contributed by atoms with Gasteiger partial charge in [0.05, 0.1) is 12.3 Å². The van der Waals surface area contributed by atoms with Crippen molar-refractivity contribution in [2.24, 2.45) is 5.73 Å². The Labute approximate surface area is 116 Å². The number of pyridine rings is 1. The highest BCUT2D eigenvalue weighted by atomic mass is 32.1. The standard InChI is InChI=1S/C14H16N2O2S/c1-9(2)18-11-6-10(7-16-8-11)14(17)13(15)12-4-3-5-19-12/h3-9,13H,15H2,1-2H3. The van der Waals surface area contributed by atoms with Gasteiger partial charge < -0.3 is 10.5 Å². The molecule has 100 valence electrons. The highest BCUT2D eigenvalue weighted by molar-refractivity contribution is 7.10. The SMILES string of the molecule is CC(C)Oc1cncc(C(=O)C(N)c2cccs2)c1. The molecule has 0 radical (unpaired) electrons. The average Bonchev–Trinajstić information content (AvgIpc) is 2.90. The molecule has 0 spiro atoms. The molecule has 0 aliphatic carbocycles. The molecule has 2 aromatic heterocycles. The molecular formula is C14H16N2O2S. The number of rotatable bonds is 5. The number of thiophene rings is 1. The number of carbonyl (C=O) groups excluding carboxylic acids is 1. The van der Waals surface area contributed by atoms with Gasteiger partial charge in [-0.05, 0) is 31.4 Å². The van der Waals surface area contributed by atoms with Crippen molar-refractivity contribution in [3.05, 3.63) is 46.4 Å². The Morgan fingerprint density at radius 1 is 1.42 bits per heavy atom. The third-order valence-corrected chi connectivity index (χ3v) is 3.46. The van der Waals surface area contributed by atoms with Crippen LogP contribution in [-0.4, -0.2) is 16.9 Å². The van der Waals surface area contributed by atoms with Crippen molar-refractivity contribution in [2.45, 2.75) is 26.0 Å². The molecule has 2 aromatic rings. The van der Waals surface area contributed by atoms with Gasteiger partial charge in [-0.2, -0.15) is 0 Å². The first-order chi connectivity index (χ1) is 9.08. The number of aromatic nitrogens is 1. The Balaban J connectivity index is 2.19. The molecule has 1 unspecified atom stereocenters. The highest BCUT2D eigenvalue weighted by Gasteiger charge is 2.19. The molecule has 19 heavy (non-hydrogen) atoms. The molecule has 0 aliphatic heterocycles. The summed E-state index contributed by atoms with van der Waals surface area (Å²) in [5.41, 5.74) is 6.43. The second kappa shape index (κ2) is 5.95. The summed E-state index contributed by atoms with van der Waals surface area (Å²) >= 11 is 1.47. The first kappa shape index (κ1) is 13.7. The fourth-order valence-electron chi connectivity index (χ4n) is 1.67. The lowest BCUT2D eigenvalue weighted by Gasteiger charge is -2.12. The number of ether oxygens (including phenoxy) is 1. The Hall–Kier alpha value is -1.72. The molecule has 2 heterocycles. The lowest BCUT2D eigenvalue weighted by Crippen LogP contribution is -2.20. The molecule has 0 fully saturated rings. The summed E-state index contributed by atoms with van der Waals surface area (Å²) < 4.78 is 5.52. The zero-order valence-corrected chi connectivity index (χ0v) is 11.7. The van der Waals surface area contributed by atoms with Crippen LogP contribution in [0.25, 0.3) is 0 Å². The van der Waals surface area contributed by atoms with Gasteiger partial charge in [0, 0.05) is 16.6 Å². The number of nitrogens with zero attached hydrogens (tertiary/aromatic N) is 1. The van der Waals surface area contributed by atoms with Crippen molar-refractivity contribution >= 4 is 17.1 Å². The summed E-state index contributed by atoms with van der Waals surface area (Å²) in [6.45, 7) is 3.84. The zero-order chi connectivity index (χ0) is 13.8. The molecular weight excluding hydrogens is 260 g/mol. The molecule has 0 saturated heterocycles. The van der Waals surface area contributed by atoms with E-state index in [2.05, 4.69) is 4.98 Å². The molecule has 0 amide bonds. The molecule has 2 rings (SSSR count). The van der Waals surface area contributed by atoms with E-state index in [1.54, 1.807) is 12.3 Å². The topological polar surface area (TPSA) is 65.2 Å². The van der Waals surface area contributed by atoms with E-state index in [9.17, 15) is 4.79 Å². The first-order valence-corrected chi connectivity index (χ1v) is 6.91. The van der Waals surface area contributed by atoms with Crippen LogP contribution in [-0.2, 0) is 0 Å². The van der Waals surface area contributed by atoms with Gasteiger partial charge in [0.25, 0.3) is 0 Å². The van der Waals surface area contributed by atoms with Gasteiger partial charge in [-0.1, -0.05) is 6.07 Å². The van der Waals surface area contributed by atoms with Crippen molar-refractivity contribution < 1.29 is 9.53 Å². The molecule has 0 aliphatic rings. The number of hydrogen-bond donors (Lipinski definition) is 1. The van der Waals surface area contributed by atoms with E-state index in [1.165, 1.54) is 17.5 Å². The van der Waals surface area contributed by atoms with Crippen molar-refractivity contribution in [1.29, 1.82) is 0 Å². The molecule has 0 aromatic carbocycles. The first-order valence-electron chi connectivity index (χ1n) is 6.03. The van der Waals surface area contributed by atoms with Crippen LogP contribution < -0.4 is 10.5 Å². The third-order valence-electron chi connectivity index (χ3n) is 2.50. The van der Waals surface area contributed by atoms with Crippen LogP contribution in [0, 0.1) is 0 Å². The van der Waals surface area contributed by atoms with Gasteiger partial charge in [-0.25, -0.2) is 0 Å². The lowest BCUT2D eigenvalue weighted by molar-refractivity contribution is 0.0961. The van der Waals surface area contributed by atoms with Crippen LogP contribution in [0.1, 0.15) is 35.1 Å².